The van der Waals surface area contributed by atoms with Crippen LogP contribution in [0.1, 0.15) is 6.42 Å². The molecule has 0 aliphatic rings. The van der Waals surface area contributed by atoms with E-state index in [0.29, 0.717) is 0 Å². The Morgan fingerprint density at radius 3 is 2.30 bits per heavy atom. The molecule has 1 aromatic carbocycles. The minimum absolute atomic E-state index is 0.0712. The summed E-state index contributed by atoms with van der Waals surface area (Å²) in [5.41, 5.74) is 5.29. The van der Waals surface area contributed by atoms with Crippen molar-refractivity contribution in [2.24, 2.45) is 5.73 Å². The summed E-state index contributed by atoms with van der Waals surface area (Å²) in [4.78, 5) is 55.7. The van der Waals surface area contributed by atoms with Gasteiger partial charge in [-0.2, -0.15) is 0 Å². The summed E-state index contributed by atoms with van der Waals surface area (Å²) in [7, 11) is 1.15. The van der Waals surface area contributed by atoms with Gasteiger partial charge in [-0.3, -0.25) is 24.5 Å². The van der Waals surface area contributed by atoms with Crippen molar-refractivity contribution < 1.29 is 33.6 Å². The molecule has 1 unspecified atom stereocenters. The standard InChI is InChI=1S/C15H18N4O8/c1-26-13(21)6-11(16)15(23)18-7-12(20)17-8-14(22)27-10-4-2-9(3-5-10)19(24)25/h2-5,11H,6-8,16H2,1H3,(H,17,20)(H,18,23). The molecule has 2 amide bonds. The van der Waals surface area contributed by atoms with Gasteiger partial charge in [0.15, 0.2) is 0 Å². The van der Waals surface area contributed by atoms with Gasteiger partial charge >= 0.3 is 11.9 Å². The zero-order valence-electron chi connectivity index (χ0n) is 14.3. The van der Waals surface area contributed by atoms with Gasteiger partial charge in [-0.05, 0) is 12.1 Å². The molecule has 0 heterocycles. The number of non-ortho nitro benzene ring substituents is 1. The van der Waals surface area contributed by atoms with Crippen LogP contribution in [0.4, 0.5) is 5.69 Å². The molecule has 0 saturated carbocycles. The van der Waals surface area contributed by atoms with Crippen LogP contribution in [0.15, 0.2) is 24.3 Å². The first-order valence-corrected chi connectivity index (χ1v) is 7.55. The third-order valence-corrected chi connectivity index (χ3v) is 3.08. The first-order chi connectivity index (χ1) is 12.7. The molecular formula is C15H18N4O8. The van der Waals surface area contributed by atoms with Gasteiger partial charge in [-0.25, -0.2) is 4.79 Å². The van der Waals surface area contributed by atoms with Crippen molar-refractivity contribution in [3.05, 3.63) is 34.4 Å². The molecule has 0 fully saturated rings. The molecule has 12 nitrogen and oxygen atoms in total. The van der Waals surface area contributed by atoms with Gasteiger partial charge in [0.2, 0.25) is 11.8 Å². The first kappa shape index (κ1) is 21.5. The summed E-state index contributed by atoms with van der Waals surface area (Å²) in [5.74, 6) is -2.83. The highest BCUT2D eigenvalue weighted by atomic mass is 16.6. The maximum absolute atomic E-state index is 11.6. The van der Waals surface area contributed by atoms with Crippen LogP contribution in [0, 0.1) is 10.1 Å². The van der Waals surface area contributed by atoms with Crippen molar-refractivity contribution in [2.75, 3.05) is 20.2 Å². The van der Waals surface area contributed by atoms with E-state index in [9.17, 15) is 29.3 Å². The topological polar surface area (TPSA) is 180 Å². The molecular weight excluding hydrogens is 364 g/mol. The van der Waals surface area contributed by atoms with Crippen LogP contribution in [0.3, 0.4) is 0 Å². The van der Waals surface area contributed by atoms with Gasteiger partial charge in [-0.15, -0.1) is 0 Å². The number of methoxy groups -OCH3 is 1. The molecule has 1 atom stereocenters. The van der Waals surface area contributed by atoms with Crippen LogP contribution in [-0.4, -0.2) is 54.9 Å². The fraction of sp³-hybridized carbons (Fsp3) is 0.333. The summed E-state index contributed by atoms with van der Waals surface area (Å²) in [6.07, 6.45) is -0.342. The van der Waals surface area contributed by atoms with E-state index in [1.165, 1.54) is 12.1 Å². The lowest BCUT2D eigenvalue weighted by atomic mass is 10.2. The smallest absolute Gasteiger partial charge is 0.330 e. The molecule has 0 radical (unpaired) electrons. The lowest BCUT2D eigenvalue weighted by Crippen LogP contribution is -2.46. The number of hydrogen-bond acceptors (Lipinski definition) is 9. The number of nitrogens with one attached hydrogen (secondary N) is 2. The number of rotatable bonds is 9. The number of amides is 2. The Morgan fingerprint density at radius 2 is 1.74 bits per heavy atom. The van der Waals surface area contributed by atoms with Crippen molar-refractivity contribution in [3.8, 4) is 5.75 Å². The van der Waals surface area contributed by atoms with E-state index in [4.69, 9.17) is 10.5 Å². The number of carbonyl (C=O) groups excluding carboxylic acids is 4. The molecule has 27 heavy (non-hydrogen) atoms. The Bertz CT molecular complexity index is 719. The van der Waals surface area contributed by atoms with E-state index >= 15 is 0 Å². The highest BCUT2D eigenvalue weighted by molar-refractivity contribution is 5.90. The number of benzene rings is 1. The van der Waals surface area contributed by atoms with Crippen LogP contribution < -0.4 is 21.1 Å². The molecule has 12 heteroatoms. The Hall–Kier alpha value is -3.54. The molecule has 4 N–H and O–H groups in total. The van der Waals surface area contributed by atoms with Gasteiger partial charge in [0.05, 0.1) is 31.0 Å². The van der Waals surface area contributed by atoms with Crippen LogP contribution in [-0.2, 0) is 23.9 Å². The number of nitrogens with zero attached hydrogens (tertiary/aromatic N) is 1. The van der Waals surface area contributed by atoms with E-state index in [0.717, 1.165) is 19.2 Å². The average Bonchev–Trinajstić information content (AvgIpc) is 2.64. The summed E-state index contributed by atoms with van der Waals surface area (Å²) in [6, 6.07) is 3.63. The Morgan fingerprint density at radius 1 is 1.11 bits per heavy atom. The third kappa shape index (κ3) is 7.92. The number of esters is 2. The maximum atomic E-state index is 11.6. The molecule has 1 rings (SSSR count). The van der Waals surface area contributed by atoms with E-state index in [-0.39, 0.29) is 17.9 Å². The van der Waals surface area contributed by atoms with Gasteiger partial charge in [0, 0.05) is 12.1 Å². The van der Waals surface area contributed by atoms with Gasteiger partial charge in [0.25, 0.3) is 5.69 Å². The SMILES string of the molecule is COC(=O)CC(N)C(=O)NCC(=O)NCC(=O)Oc1ccc([N+](=O)[O-])cc1. The molecule has 0 saturated heterocycles. The van der Waals surface area contributed by atoms with Crippen molar-refractivity contribution in [3.63, 3.8) is 0 Å². The third-order valence-electron chi connectivity index (χ3n) is 3.08. The van der Waals surface area contributed by atoms with E-state index < -0.39 is 47.8 Å². The first-order valence-electron chi connectivity index (χ1n) is 7.55. The molecule has 0 aromatic heterocycles. The molecule has 0 aliphatic carbocycles. The maximum Gasteiger partial charge on any atom is 0.330 e. The number of hydrogen-bond donors (Lipinski definition) is 3. The normalized spacial score (nSPS) is 11.0. The number of ether oxygens (including phenoxy) is 2. The van der Waals surface area contributed by atoms with E-state index in [1.807, 2.05) is 0 Å². The average molecular weight is 382 g/mol. The summed E-state index contributed by atoms with van der Waals surface area (Å²) < 4.78 is 9.25. The van der Waals surface area contributed by atoms with E-state index in [2.05, 4.69) is 15.4 Å². The summed E-state index contributed by atoms with van der Waals surface area (Å²) in [6.45, 7) is -0.946. The fourth-order valence-corrected chi connectivity index (χ4v) is 1.69. The molecule has 0 spiro atoms. The Balaban J connectivity index is 2.32. The van der Waals surface area contributed by atoms with Crippen LogP contribution in [0.5, 0.6) is 5.75 Å². The molecule has 0 bridgehead atoms. The lowest BCUT2D eigenvalue weighted by Gasteiger charge is -2.11. The molecule has 0 aliphatic heterocycles. The van der Waals surface area contributed by atoms with Crippen LogP contribution >= 0.6 is 0 Å². The monoisotopic (exact) mass is 382 g/mol. The number of carbonyl (C=O) groups is 4. The second-order valence-electron chi connectivity index (χ2n) is 5.11. The Kier molecular flexibility index (Phi) is 8.32. The van der Waals surface area contributed by atoms with Crippen molar-refractivity contribution in [1.29, 1.82) is 0 Å². The Labute approximate surface area is 153 Å². The quantitative estimate of drug-likeness (QED) is 0.201. The largest absolute Gasteiger partial charge is 0.469 e. The molecule has 146 valence electrons. The minimum atomic E-state index is -1.17. The highest BCUT2D eigenvalue weighted by Gasteiger charge is 2.18. The minimum Gasteiger partial charge on any atom is -0.469 e. The summed E-state index contributed by atoms with van der Waals surface area (Å²) >= 11 is 0. The zero-order valence-corrected chi connectivity index (χ0v) is 14.3. The van der Waals surface area contributed by atoms with Crippen LogP contribution in [0.2, 0.25) is 0 Å². The fourth-order valence-electron chi connectivity index (χ4n) is 1.69. The summed E-state index contributed by atoms with van der Waals surface area (Å²) in [5, 5.41) is 14.9. The number of nitro groups is 1. The van der Waals surface area contributed by atoms with E-state index in [1.54, 1.807) is 0 Å². The van der Waals surface area contributed by atoms with Crippen molar-refractivity contribution in [1.82, 2.24) is 10.6 Å². The second kappa shape index (κ2) is 10.5. The highest BCUT2D eigenvalue weighted by Crippen LogP contribution is 2.17. The van der Waals surface area contributed by atoms with Gasteiger partial charge < -0.3 is 25.8 Å². The predicted octanol–water partition coefficient (Wildman–Crippen LogP) is -1.38. The van der Waals surface area contributed by atoms with Gasteiger partial charge in [-0.1, -0.05) is 0 Å². The lowest BCUT2D eigenvalue weighted by molar-refractivity contribution is -0.384. The van der Waals surface area contributed by atoms with Gasteiger partial charge in [0.1, 0.15) is 12.3 Å². The van der Waals surface area contributed by atoms with Crippen molar-refractivity contribution in [2.45, 2.75) is 12.5 Å². The zero-order chi connectivity index (χ0) is 20.4. The van der Waals surface area contributed by atoms with Crippen LogP contribution in [0.25, 0.3) is 0 Å². The van der Waals surface area contributed by atoms with Crippen molar-refractivity contribution >= 4 is 29.4 Å². The number of nitro benzene ring substituents is 1. The molecule has 1 aromatic rings. The predicted molar refractivity (Wildman–Crippen MR) is 89.4 cm³/mol. The second-order valence-corrected chi connectivity index (χ2v) is 5.11. The number of nitrogens with two attached hydrogens (primary N) is 1.